The molecule has 0 atom stereocenters. The SMILES string of the molecule is CC1CCC(C(=O)c2cc(Br)c(Br)s2)CC1. The third kappa shape index (κ3) is 2.77. The van der Waals surface area contributed by atoms with Gasteiger partial charge in [0, 0.05) is 10.4 Å². The molecule has 0 radical (unpaired) electrons. The van der Waals surface area contributed by atoms with Crippen molar-refractivity contribution in [3.05, 3.63) is 19.2 Å². The molecule has 1 aromatic heterocycles. The molecule has 1 heterocycles. The number of Topliss-reactive ketones (excluding diaryl/α,β-unsaturated/α-hetero) is 1. The van der Waals surface area contributed by atoms with Gasteiger partial charge in [0.1, 0.15) is 0 Å². The van der Waals surface area contributed by atoms with Crippen LogP contribution in [-0.2, 0) is 0 Å². The van der Waals surface area contributed by atoms with E-state index in [-0.39, 0.29) is 5.92 Å². The second-order valence-electron chi connectivity index (χ2n) is 4.55. The highest BCUT2D eigenvalue weighted by atomic mass is 79.9. The molecule has 16 heavy (non-hydrogen) atoms. The molecule has 0 aliphatic heterocycles. The molecule has 1 fully saturated rings. The minimum Gasteiger partial charge on any atom is -0.293 e. The standard InChI is InChI=1S/C12H14Br2OS/c1-7-2-4-8(5-3-7)11(15)10-6-9(13)12(14)16-10/h6-8H,2-5H2,1H3. The predicted molar refractivity (Wildman–Crippen MR) is 75.2 cm³/mol. The van der Waals surface area contributed by atoms with Crippen LogP contribution in [0.25, 0.3) is 0 Å². The lowest BCUT2D eigenvalue weighted by Gasteiger charge is -2.24. The first-order valence-corrected chi connectivity index (χ1v) is 7.97. The molecule has 1 nitrogen and oxygen atoms in total. The average molecular weight is 366 g/mol. The molecule has 88 valence electrons. The van der Waals surface area contributed by atoms with Crippen LogP contribution in [0, 0.1) is 11.8 Å². The third-order valence-corrected chi connectivity index (χ3v) is 6.55. The van der Waals surface area contributed by atoms with E-state index in [1.807, 2.05) is 6.07 Å². The number of rotatable bonds is 2. The molecule has 0 bridgehead atoms. The molecule has 0 spiro atoms. The number of thiophene rings is 1. The number of hydrogen-bond acceptors (Lipinski definition) is 2. The summed E-state index contributed by atoms with van der Waals surface area (Å²) in [5.41, 5.74) is 0. The monoisotopic (exact) mass is 364 g/mol. The number of hydrogen-bond donors (Lipinski definition) is 0. The zero-order chi connectivity index (χ0) is 11.7. The van der Waals surface area contributed by atoms with Crippen molar-refractivity contribution in [2.75, 3.05) is 0 Å². The average Bonchev–Trinajstić information content (AvgIpc) is 2.59. The molecule has 1 aromatic rings. The maximum Gasteiger partial charge on any atom is 0.175 e. The van der Waals surface area contributed by atoms with E-state index in [4.69, 9.17) is 0 Å². The summed E-state index contributed by atoms with van der Waals surface area (Å²) in [6, 6.07) is 1.94. The van der Waals surface area contributed by atoms with Crippen molar-refractivity contribution in [2.24, 2.45) is 11.8 Å². The Morgan fingerprint density at radius 2 is 1.94 bits per heavy atom. The minimum absolute atomic E-state index is 0.258. The number of carbonyl (C=O) groups excluding carboxylic acids is 1. The summed E-state index contributed by atoms with van der Waals surface area (Å²) in [5, 5.41) is 0. The van der Waals surface area contributed by atoms with Crippen molar-refractivity contribution < 1.29 is 4.79 Å². The van der Waals surface area contributed by atoms with Crippen LogP contribution in [0.15, 0.2) is 14.3 Å². The molecule has 0 N–H and O–H groups in total. The summed E-state index contributed by atoms with van der Waals surface area (Å²) < 4.78 is 2.00. The molecular weight excluding hydrogens is 352 g/mol. The maximum atomic E-state index is 12.2. The Hall–Kier alpha value is 0.330. The largest absolute Gasteiger partial charge is 0.293 e. The van der Waals surface area contributed by atoms with E-state index < -0.39 is 0 Å². The van der Waals surface area contributed by atoms with Crippen LogP contribution >= 0.6 is 43.2 Å². The Morgan fingerprint density at radius 1 is 1.31 bits per heavy atom. The Labute approximate surface area is 117 Å². The summed E-state index contributed by atoms with van der Waals surface area (Å²) in [5.74, 6) is 1.39. The Balaban J connectivity index is 2.07. The number of ketones is 1. The van der Waals surface area contributed by atoms with Gasteiger partial charge in [0.25, 0.3) is 0 Å². The van der Waals surface area contributed by atoms with Crippen LogP contribution in [0.3, 0.4) is 0 Å². The fourth-order valence-electron chi connectivity index (χ4n) is 2.19. The van der Waals surface area contributed by atoms with E-state index in [9.17, 15) is 4.79 Å². The van der Waals surface area contributed by atoms with E-state index in [0.717, 1.165) is 31.9 Å². The smallest absolute Gasteiger partial charge is 0.175 e. The van der Waals surface area contributed by atoms with Gasteiger partial charge in [0.05, 0.1) is 8.66 Å². The first kappa shape index (κ1) is 12.8. The molecule has 0 aromatic carbocycles. The van der Waals surface area contributed by atoms with Crippen molar-refractivity contribution in [2.45, 2.75) is 32.6 Å². The Kier molecular flexibility index (Phi) is 4.25. The summed E-state index contributed by atoms with van der Waals surface area (Å²) >= 11 is 8.40. The van der Waals surface area contributed by atoms with E-state index in [2.05, 4.69) is 38.8 Å². The van der Waals surface area contributed by atoms with E-state index in [1.54, 1.807) is 0 Å². The van der Waals surface area contributed by atoms with Gasteiger partial charge in [-0.15, -0.1) is 11.3 Å². The molecule has 2 rings (SSSR count). The van der Waals surface area contributed by atoms with Gasteiger partial charge in [-0.1, -0.05) is 19.8 Å². The third-order valence-electron chi connectivity index (χ3n) is 3.27. The highest BCUT2D eigenvalue weighted by molar-refractivity contribution is 9.13. The van der Waals surface area contributed by atoms with E-state index in [0.29, 0.717) is 5.78 Å². The molecule has 1 aliphatic rings. The summed E-state index contributed by atoms with van der Waals surface area (Å²) in [6.45, 7) is 2.28. The first-order valence-electron chi connectivity index (χ1n) is 5.57. The first-order chi connectivity index (χ1) is 7.58. The topological polar surface area (TPSA) is 17.1 Å². The molecular formula is C12H14Br2OS. The molecule has 0 saturated heterocycles. The van der Waals surface area contributed by atoms with Crippen LogP contribution < -0.4 is 0 Å². The lowest BCUT2D eigenvalue weighted by atomic mass is 9.80. The van der Waals surface area contributed by atoms with Gasteiger partial charge in [-0.3, -0.25) is 4.79 Å². The van der Waals surface area contributed by atoms with Crippen LogP contribution in [0.1, 0.15) is 42.3 Å². The second-order valence-corrected chi connectivity index (χ2v) is 7.78. The van der Waals surface area contributed by atoms with Crippen LogP contribution in [0.5, 0.6) is 0 Å². The van der Waals surface area contributed by atoms with Crippen molar-refractivity contribution in [1.82, 2.24) is 0 Å². The van der Waals surface area contributed by atoms with Crippen LogP contribution in [0.2, 0.25) is 0 Å². The van der Waals surface area contributed by atoms with Crippen molar-refractivity contribution in [3.8, 4) is 0 Å². The quantitative estimate of drug-likeness (QED) is 0.651. The predicted octanol–water partition coefficient (Wildman–Crippen LogP) is 5.28. The number of halogens is 2. The summed E-state index contributed by atoms with van der Waals surface area (Å²) in [7, 11) is 0. The zero-order valence-corrected chi connectivity index (χ0v) is 13.1. The van der Waals surface area contributed by atoms with Crippen molar-refractivity contribution in [3.63, 3.8) is 0 Å². The Morgan fingerprint density at radius 3 is 2.44 bits per heavy atom. The van der Waals surface area contributed by atoms with E-state index in [1.165, 1.54) is 24.2 Å². The highest BCUT2D eigenvalue weighted by Crippen LogP contribution is 2.36. The van der Waals surface area contributed by atoms with Gasteiger partial charge in [0.2, 0.25) is 0 Å². The van der Waals surface area contributed by atoms with E-state index >= 15 is 0 Å². The lowest BCUT2D eigenvalue weighted by Crippen LogP contribution is -2.20. The maximum absolute atomic E-state index is 12.2. The van der Waals surface area contributed by atoms with Gasteiger partial charge in [-0.2, -0.15) is 0 Å². The lowest BCUT2D eigenvalue weighted by molar-refractivity contribution is 0.0880. The molecule has 0 unspecified atom stereocenters. The molecule has 1 aliphatic carbocycles. The van der Waals surface area contributed by atoms with Crippen LogP contribution in [0.4, 0.5) is 0 Å². The van der Waals surface area contributed by atoms with Crippen molar-refractivity contribution >= 4 is 49.0 Å². The molecule has 4 heteroatoms. The van der Waals surface area contributed by atoms with Gasteiger partial charge in [-0.25, -0.2) is 0 Å². The summed E-state index contributed by atoms with van der Waals surface area (Å²) in [6.07, 6.45) is 4.52. The normalized spacial score (nSPS) is 25.7. The second kappa shape index (κ2) is 5.32. The minimum atomic E-state index is 0.258. The van der Waals surface area contributed by atoms with Crippen LogP contribution in [-0.4, -0.2) is 5.78 Å². The summed E-state index contributed by atoms with van der Waals surface area (Å²) in [4.78, 5) is 13.1. The van der Waals surface area contributed by atoms with Gasteiger partial charge in [-0.05, 0) is 56.7 Å². The van der Waals surface area contributed by atoms with Gasteiger partial charge in [0.15, 0.2) is 5.78 Å². The van der Waals surface area contributed by atoms with Crippen molar-refractivity contribution in [1.29, 1.82) is 0 Å². The fourth-order valence-corrected chi connectivity index (χ4v) is 4.25. The molecule has 1 saturated carbocycles. The highest BCUT2D eigenvalue weighted by Gasteiger charge is 2.26. The zero-order valence-electron chi connectivity index (χ0n) is 9.13. The molecule has 0 amide bonds. The van der Waals surface area contributed by atoms with Gasteiger partial charge >= 0.3 is 0 Å². The number of carbonyl (C=O) groups is 1. The fraction of sp³-hybridized carbons (Fsp3) is 0.583. The Bertz CT molecular complexity index is 372. The van der Waals surface area contributed by atoms with Gasteiger partial charge < -0.3 is 0 Å².